The van der Waals surface area contributed by atoms with Crippen LogP contribution in [-0.4, -0.2) is 57.7 Å². The Morgan fingerprint density at radius 2 is 1.77 bits per heavy atom. The van der Waals surface area contributed by atoms with Crippen molar-refractivity contribution in [2.75, 3.05) is 36.8 Å². The zero-order chi connectivity index (χ0) is 25.5. The van der Waals surface area contributed by atoms with Gasteiger partial charge in [0.1, 0.15) is 23.6 Å². The standard InChI is InChI=1S/C23H24ClF3N6O2/c1-22(2,3)35-21(34)33-8-6-32(7-9-33)20-14-10-16(24)13(11-17(14)29-12-30-20)19-15(23(25,26)27)4-5-18(28)31-19/h4-5,10-12H,6-9H2,1-3H3,(H2,28,31). The molecule has 35 heavy (non-hydrogen) atoms. The number of alkyl halides is 3. The van der Waals surface area contributed by atoms with Gasteiger partial charge in [-0.05, 0) is 45.0 Å². The molecule has 12 heteroatoms. The van der Waals surface area contributed by atoms with Gasteiger partial charge in [0, 0.05) is 37.1 Å². The van der Waals surface area contributed by atoms with Crippen molar-refractivity contribution in [3.05, 3.63) is 41.2 Å². The first kappa shape index (κ1) is 24.8. The van der Waals surface area contributed by atoms with E-state index in [9.17, 15) is 18.0 Å². The van der Waals surface area contributed by atoms with Crippen molar-refractivity contribution >= 4 is 40.2 Å². The molecule has 186 valence electrons. The molecule has 0 saturated carbocycles. The number of carbonyl (C=O) groups is 1. The molecular weight excluding hydrogens is 485 g/mol. The summed E-state index contributed by atoms with van der Waals surface area (Å²) in [6, 6.07) is 4.97. The molecule has 0 radical (unpaired) electrons. The zero-order valence-corrected chi connectivity index (χ0v) is 20.1. The van der Waals surface area contributed by atoms with Gasteiger partial charge in [-0.3, -0.25) is 0 Å². The molecule has 2 N–H and O–H groups in total. The van der Waals surface area contributed by atoms with Crippen LogP contribution in [0.4, 0.5) is 29.6 Å². The number of amides is 1. The largest absolute Gasteiger partial charge is 0.444 e. The average molecular weight is 509 g/mol. The van der Waals surface area contributed by atoms with Crippen LogP contribution in [0.3, 0.4) is 0 Å². The number of fused-ring (bicyclic) bond motifs is 1. The van der Waals surface area contributed by atoms with Gasteiger partial charge in [-0.2, -0.15) is 13.2 Å². The van der Waals surface area contributed by atoms with Crippen LogP contribution >= 0.6 is 11.6 Å². The lowest BCUT2D eigenvalue weighted by molar-refractivity contribution is -0.137. The molecule has 2 aromatic heterocycles. The number of nitrogens with zero attached hydrogens (tertiary/aromatic N) is 5. The van der Waals surface area contributed by atoms with Crippen LogP contribution in [0.1, 0.15) is 26.3 Å². The summed E-state index contributed by atoms with van der Waals surface area (Å²) in [6.07, 6.45) is -3.68. The van der Waals surface area contributed by atoms with E-state index in [1.54, 1.807) is 4.90 Å². The minimum absolute atomic E-state index is 0.0598. The van der Waals surface area contributed by atoms with Crippen LogP contribution in [0.5, 0.6) is 0 Å². The Balaban J connectivity index is 1.66. The molecule has 0 spiro atoms. The van der Waals surface area contributed by atoms with Crippen molar-refractivity contribution in [1.82, 2.24) is 19.9 Å². The van der Waals surface area contributed by atoms with E-state index in [0.29, 0.717) is 42.9 Å². The first-order valence-corrected chi connectivity index (χ1v) is 11.2. The summed E-state index contributed by atoms with van der Waals surface area (Å²) in [6.45, 7) is 7.25. The van der Waals surface area contributed by atoms with E-state index in [-0.39, 0.29) is 28.2 Å². The lowest BCUT2D eigenvalue weighted by Crippen LogP contribution is -2.50. The van der Waals surface area contributed by atoms with Crippen LogP contribution in [-0.2, 0) is 10.9 Å². The van der Waals surface area contributed by atoms with E-state index in [1.807, 2.05) is 25.7 Å². The molecule has 0 aliphatic carbocycles. The number of nitrogen functional groups attached to an aromatic ring is 1. The maximum absolute atomic E-state index is 13.6. The molecule has 1 aromatic carbocycles. The normalized spacial score (nSPS) is 14.9. The smallest absolute Gasteiger partial charge is 0.418 e. The molecule has 1 aliphatic heterocycles. The number of rotatable bonds is 2. The third kappa shape index (κ3) is 5.34. The molecular formula is C23H24ClF3N6O2. The summed E-state index contributed by atoms with van der Waals surface area (Å²) >= 11 is 6.46. The SMILES string of the molecule is CC(C)(C)OC(=O)N1CCN(c2ncnc3cc(-c4nc(N)ccc4C(F)(F)F)c(Cl)cc23)CC1. The fourth-order valence-electron chi connectivity index (χ4n) is 3.83. The Morgan fingerprint density at radius 1 is 1.09 bits per heavy atom. The molecule has 4 rings (SSSR count). The second-order valence-electron chi connectivity index (χ2n) is 9.13. The van der Waals surface area contributed by atoms with Crippen LogP contribution in [0, 0.1) is 0 Å². The minimum atomic E-state index is -4.64. The number of anilines is 2. The number of hydrogen-bond acceptors (Lipinski definition) is 7. The fourth-order valence-corrected chi connectivity index (χ4v) is 4.09. The van der Waals surface area contributed by atoms with E-state index in [0.717, 1.165) is 12.1 Å². The van der Waals surface area contributed by atoms with Crippen molar-refractivity contribution in [3.8, 4) is 11.3 Å². The molecule has 0 unspecified atom stereocenters. The number of piperazine rings is 1. The third-order valence-electron chi connectivity index (χ3n) is 5.41. The van der Waals surface area contributed by atoms with Crippen LogP contribution < -0.4 is 10.6 Å². The molecule has 0 bridgehead atoms. The van der Waals surface area contributed by atoms with Crippen molar-refractivity contribution in [2.45, 2.75) is 32.5 Å². The average Bonchev–Trinajstić information content (AvgIpc) is 2.76. The Labute approximate surface area is 204 Å². The molecule has 1 amide bonds. The molecule has 0 atom stereocenters. The summed E-state index contributed by atoms with van der Waals surface area (Å²) in [7, 11) is 0. The maximum atomic E-state index is 13.6. The topological polar surface area (TPSA) is 97.5 Å². The van der Waals surface area contributed by atoms with Gasteiger partial charge in [-0.1, -0.05) is 11.6 Å². The zero-order valence-electron chi connectivity index (χ0n) is 19.4. The summed E-state index contributed by atoms with van der Waals surface area (Å²) in [5.74, 6) is 0.513. The molecule has 1 fully saturated rings. The van der Waals surface area contributed by atoms with Gasteiger partial charge in [0.15, 0.2) is 0 Å². The number of halogens is 4. The number of pyridine rings is 1. The van der Waals surface area contributed by atoms with Crippen molar-refractivity contribution in [2.24, 2.45) is 0 Å². The minimum Gasteiger partial charge on any atom is -0.444 e. The number of hydrogen-bond donors (Lipinski definition) is 1. The third-order valence-corrected chi connectivity index (χ3v) is 5.72. The van der Waals surface area contributed by atoms with Crippen molar-refractivity contribution in [3.63, 3.8) is 0 Å². The van der Waals surface area contributed by atoms with Crippen molar-refractivity contribution < 1.29 is 22.7 Å². The van der Waals surface area contributed by atoms with Gasteiger partial charge in [0.25, 0.3) is 0 Å². The number of aromatic nitrogens is 3. The second-order valence-corrected chi connectivity index (χ2v) is 9.54. The van der Waals surface area contributed by atoms with Crippen LogP contribution in [0.15, 0.2) is 30.6 Å². The number of benzene rings is 1. The highest BCUT2D eigenvalue weighted by atomic mass is 35.5. The summed E-state index contributed by atoms with van der Waals surface area (Å²) in [5, 5.41) is 0.633. The highest BCUT2D eigenvalue weighted by Gasteiger charge is 2.35. The lowest BCUT2D eigenvalue weighted by atomic mass is 10.0. The van der Waals surface area contributed by atoms with Gasteiger partial charge in [0.2, 0.25) is 0 Å². The number of carbonyl (C=O) groups excluding carboxylic acids is 1. The van der Waals surface area contributed by atoms with E-state index in [2.05, 4.69) is 15.0 Å². The van der Waals surface area contributed by atoms with Crippen LogP contribution in [0.25, 0.3) is 22.2 Å². The molecule has 1 aliphatic rings. The van der Waals surface area contributed by atoms with E-state index < -0.39 is 17.3 Å². The lowest BCUT2D eigenvalue weighted by Gasteiger charge is -2.36. The Bertz CT molecular complexity index is 1270. The predicted octanol–water partition coefficient (Wildman–Crippen LogP) is 5.00. The highest BCUT2D eigenvalue weighted by molar-refractivity contribution is 6.34. The summed E-state index contributed by atoms with van der Waals surface area (Å²) in [4.78, 5) is 28.5. The predicted molar refractivity (Wildman–Crippen MR) is 127 cm³/mol. The first-order valence-electron chi connectivity index (χ1n) is 10.8. The van der Waals surface area contributed by atoms with E-state index in [1.165, 1.54) is 18.5 Å². The number of ether oxygens (including phenoxy) is 1. The Morgan fingerprint density at radius 3 is 2.40 bits per heavy atom. The molecule has 3 aromatic rings. The van der Waals surface area contributed by atoms with Crippen LogP contribution in [0.2, 0.25) is 5.02 Å². The second kappa shape index (κ2) is 9.03. The first-order chi connectivity index (χ1) is 16.3. The van der Waals surface area contributed by atoms with Gasteiger partial charge in [-0.15, -0.1) is 0 Å². The van der Waals surface area contributed by atoms with Gasteiger partial charge in [-0.25, -0.2) is 19.7 Å². The summed E-state index contributed by atoms with van der Waals surface area (Å²) < 4.78 is 46.2. The monoisotopic (exact) mass is 508 g/mol. The molecule has 1 saturated heterocycles. The highest BCUT2D eigenvalue weighted by Crippen LogP contribution is 2.41. The summed E-state index contributed by atoms with van der Waals surface area (Å²) in [5.41, 5.74) is 4.24. The molecule has 8 nitrogen and oxygen atoms in total. The number of nitrogens with two attached hydrogens (primary N) is 1. The Hall–Kier alpha value is -3.34. The van der Waals surface area contributed by atoms with Gasteiger partial charge in [0.05, 0.1) is 21.8 Å². The fraction of sp³-hybridized carbons (Fsp3) is 0.391. The van der Waals surface area contributed by atoms with Crippen molar-refractivity contribution in [1.29, 1.82) is 0 Å². The quantitative estimate of drug-likeness (QED) is 0.520. The Kier molecular flexibility index (Phi) is 6.39. The van der Waals surface area contributed by atoms with Gasteiger partial charge >= 0.3 is 12.3 Å². The van der Waals surface area contributed by atoms with Gasteiger partial charge < -0.3 is 20.3 Å². The van der Waals surface area contributed by atoms with E-state index in [4.69, 9.17) is 22.1 Å². The van der Waals surface area contributed by atoms with E-state index >= 15 is 0 Å². The maximum Gasteiger partial charge on any atom is 0.418 e. The molecule has 3 heterocycles.